The summed E-state index contributed by atoms with van der Waals surface area (Å²) in [6.07, 6.45) is 3.82. The van der Waals surface area contributed by atoms with Crippen molar-refractivity contribution in [3.8, 4) is 5.75 Å². The van der Waals surface area contributed by atoms with Crippen molar-refractivity contribution in [3.05, 3.63) is 30.0 Å². The lowest BCUT2D eigenvalue weighted by molar-refractivity contribution is -0.118. The molecular formula is C20H30N2O3. The molecule has 138 valence electrons. The van der Waals surface area contributed by atoms with Crippen LogP contribution < -0.4 is 10.1 Å². The number of aliphatic hydroxyl groups is 1. The van der Waals surface area contributed by atoms with Gasteiger partial charge in [0.2, 0.25) is 5.91 Å². The third-order valence-electron chi connectivity index (χ3n) is 4.67. The summed E-state index contributed by atoms with van der Waals surface area (Å²) in [4.78, 5) is 11.2. The van der Waals surface area contributed by atoms with Crippen LogP contribution >= 0.6 is 0 Å². The zero-order chi connectivity index (χ0) is 18.6. The summed E-state index contributed by atoms with van der Waals surface area (Å²) in [5.41, 5.74) is 2.21. The lowest BCUT2D eigenvalue weighted by Gasteiger charge is -2.30. The third kappa shape index (κ3) is 4.54. The third-order valence-corrected chi connectivity index (χ3v) is 4.67. The number of hydrogen-bond acceptors (Lipinski definition) is 3. The van der Waals surface area contributed by atoms with Gasteiger partial charge in [-0.2, -0.15) is 0 Å². The fourth-order valence-electron chi connectivity index (χ4n) is 3.49. The Balaban J connectivity index is 2.44. The van der Waals surface area contributed by atoms with Crippen LogP contribution in [-0.4, -0.2) is 35.8 Å². The standard InChI is InChI=1S/C20H30N2O3/c1-14(13-23)11-20(3,4)22-12-16(8-9-21-15(2)24)18-10-17(25-5)6-7-19(18)22/h6-7,10,12,14,23H,8-9,11,13H2,1-5H3,(H,21,24). The van der Waals surface area contributed by atoms with Gasteiger partial charge in [-0.05, 0) is 56.4 Å². The highest BCUT2D eigenvalue weighted by molar-refractivity contribution is 5.86. The molecule has 1 aromatic heterocycles. The second-order valence-corrected chi connectivity index (χ2v) is 7.44. The average molecular weight is 346 g/mol. The van der Waals surface area contributed by atoms with E-state index in [0.717, 1.165) is 29.5 Å². The van der Waals surface area contributed by atoms with Crippen LogP contribution in [0, 0.1) is 5.92 Å². The van der Waals surface area contributed by atoms with Crippen molar-refractivity contribution in [3.63, 3.8) is 0 Å². The van der Waals surface area contributed by atoms with E-state index in [0.29, 0.717) is 6.54 Å². The number of aromatic nitrogens is 1. The van der Waals surface area contributed by atoms with E-state index in [9.17, 15) is 9.90 Å². The van der Waals surface area contributed by atoms with Gasteiger partial charge in [-0.3, -0.25) is 4.79 Å². The largest absolute Gasteiger partial charge is 0.497 e. The van der Waals surface area contributed by atoms with Crippen LogP contribution in [-0.2, 0) is 16.8 Å². The highest BCUT2D eigenvalue weighted by atomic mass is 16.5. The Morgan fingerprint density at radius 3 is 2.72 bits per heavy atom. The second kappa shape index (κ2) is 7.91. The Bertz CT molecular complexity index is 734. The molecule has 0 saturated heterocycles. The van der Waals surface area contributed by atoms with E-state index in [4.69, 9.17) is 4.74 Å². The Hall–Kier alpha value is -2.01. The Morgan fingerprint density at radius 1 is 1.40 bits per heavy atom. The van der Waals surface area contributed by atoms with Gasteiger partial charge in [-0.25, -0.2) is 0 Å². The van der Waals surface area contributed by atoms with Crippen LogP contribution in [0.15, 0.2) is 24.4 Å². The summed E-state index contributed by atoms with van der Waals surface area (Å²) in [5, 5.41) is 13.4. The molecule has 1 amide bonds. The van der Waals surface area contributed by atoms with E-state index in [1.165, 1.54) is 12.5 Å². The van der Waals surface area contributed by atoms with E-state index < -0.39 is 0 Å². The summed E-state index contributed by atoms with van der Waals surface area (Å²) >= 11 is 0. The minimum absolute atomic E-state index is 0.0154. The fraction of sp³-hybridized carbons (Fsp3) is 0.550. The van der Waals surface area contributed by atoms with Gasteiger partial charge >= 0.3 is 0 Å². The predicted octanol–water partition coefficient (Wildman–Crippen LogP) is 3.08. The number of rotatable bonds is 8. The van der Waals surface area contributed by atoms with Crippen molar-refractivity contribution >= 4 is 16.8 Å². The molecule has 2 N–H and O–H groups in total. The fourth-order valence-corrected chi connectivity index (χ4v) is 3.49. The van der Waals surface area contributed by atoms with E-state index in [-0.39, 0.29) is 24.0 Å². The molecule has 2 aromatic rings. The van der Waals surface area contributed by atoms with Gasteiger partial charge in [-0.1, -0.05) is 6.92 Å². The molecule has 0 aliphatic carbocycles. The molecule has 5 nitrogen and oxygen atoms in total. The number of nitrogens with zero attached hydrogens (tertiary/aromatic N) is 1. The van der Waals surface area contributed by atoms with Crippen molar-refractivity contribution in [2.24, 2.45) is 5.92 Å². The number of hydrogen-bond donors (Lipinski definition) is 2. The quantitative estimate of drug-likeness (QED) is 0.772. The molecular weight excluding hydrogens is 316 g/mol. The van der Waals surface area contributed by atoms with Crippen molar-refractivity contribution in [1.82, 2.24) is 9.88 Å². The minimum atomic E-state index is -0.124. The average Bonchev–Trinajstić information content (AvgIpc) is 2.93. The molecule has 0 bridgehead atoms. The molecule has 0 aliphatic heterocycles. The summed E-state index contributed by atoms with van der Waals surface area (Å²) < 4.78 is 7.67. The first-order valence-corrected chi connectivity index (χ1v) is 8.82. The first-order chi connectivity index (χ1) is 11.8. The molecule has 1 heterocycles. The Labute approximate surface area is 150 Å². The lowest BCUT2D eigenvalue weighted by atomic mass is 9.91. The number of carbonyl (C=O) groups excluding carboxylic acids is 1. The number of nitrogens with one attached hydrogen (secondary N) is 1. The number of aliphatic hydroxyl groups excluding tert-OH is 1. The zero-order valence-electron chi connectivity index (χ0n) is 15.9. The maximum absolute atomic E-state index is 11.2. The predicted molar refractivity (Wildman–Crippen MR) is 101 cm³/mol. The molecule has 5 heteroatoms. The number of ether oxygens (including phenoxy) is 1. The first-order valence-electron chi connectivity index (χ1n) is 8.82. The van der Waals surface area contributed by atoms with Gasteiger partial charge in [0.15, 0.2) is 0 Å². The molecule has 1 atom stereocenters. The maximum Gasteiger partial charge on any atom is 0.216 e. The number of benzene rings is 1. The molecule has 25 heavy (non-hydrogen) atoms. The van der Waals surface area contributed by atoms with Gasteiger partial charge in [0.05, 0.1) is 7.11 Å². The van der Waals surface area contributed by atoms with Gasteiger partial charge in [0, 0.05) is 42.7 Å². The normalized spacial score (nSPS) is 13.0. The van der Waals surface area contributed by atoms with Crippen LogP contribution in [0.2, 0.25) is 0 Å². The minimum Gasteiger partial charge on any atom is -0.497 e. The van der Waals surface area contributed by atoms with E-state index in [1.54, 1.807) is 7.11 Å². The molecule has 0 saturated carbocycles. The smallest absolute Gasteiger partial charge is 0.216 e. The van der Waals surface area contributed by atoms with Crippen LogP contribution in [0.4, 0.5) is 0 Å². The molecule has 0 spiro atoms. The van der Waals surface area contributed by atoms with Crippen molar-refractivity contribution in [2.45, 2.75) is 46.1 Å². The van der Waals surface area contributed by atoms with Crippen LogP contribution in [0.1, 0.15) is 39.7 Å². The Morgan fingerprint density at radius 2 is 2.12 bits per heavy atom. The molecule has 1 unspecified atom stereocenters. The van der Waals surface area contributed by atoms with E-state index in [1.807, 2.05) is 6.07 Å². The van der Waals surface area contributed by atoms with Gasteiger partial charge in [0.25, 0.3) is 0 Å². The topological polar surface area (TPSA) is 63.5 Å². The van der Waals surface area contributed by atoms with Crippen LogP contribution in [0.25, 0.3) is 10.9 Å². The van der Waals surface area contributed by atoms with Gasteiger partial charge < -0.3 is 19.7 Å². The highest BCUT2D eigenvalue weighted by Crippen LogP contribution is 2.33. The van der Waals surface area contributed by atoms with E-state index in [2.05, 4.69) is 49.0 Å². The first kappa shape index (κ1) is 19.3. The number of carbonyl (C=O) groups is 1. The van der Waals surface area contributed by atoms with Gasteiger partial charge in [-0.15, -0.1) is 0 Å². The summed E-state index contributed by atoms with van der Waals surface area (Å²) in [7, 11) is 1.67. The Kier molecular flexibility index (Phi) is 6.11. The van der Waals surface area contributed by atoms with Crippen LogP contribution in [0.5, 0.6) is 5.75 Å². The maximum atomic E-state index is 11.2. The second-order valence-electron chi connectivity index (χ2n) is 7.44. The SMILES string of the molecule is COc1ccc2c(c1)c(CCNC(C)=O)cn2C(C)(C)CC(C)CO. The molecule has 2 rings (SSSR count). The summed E-state index contributed by atoms with van der Waals surface area (Å²) in [6.45, 7) is 8.78. The van der Waals surface area contributed by atoms with Crippen molar-refractivity contribution in [2.75, 3.05) is 20.3 Å². The summed E-state index contributed by atoms with van der Waals surface area (Å²) in [6, 6.07) is 6.11. The number of methoxy groups -OCH3 is 1. The van der Waals surface area contributed by atoms with Crippen molar-refractivity contribution < 1.29 is 14.6 Å². The van der Waals surface area contributed by atoms with Crippen molar-refractivity contribution in [1.29, 1.82) is 0 Å². The molecule has 1 aromatic carbocycles. The molecule has 0 radical (unpaired) electrons. The van der Waals surface area contributed by atoms with Gasteiger partial charge in [0.1, 0.15) is 5.75 Å². The summed E-state index contributed by atoms with van der Waals surface area (Å²) in [5.74, 6) is 1.04. The molecule has 0 fully saturated rings. The monoisotopic (exact) mass is 346 g/mol. The number of amides is 1. The van der Waals surface area contributed by atoms with E-state index >= 15 is 0 Å². The molecule has 0 aliphatic rings. The van der Waals surface area contributed by atoms with Crippen LogP contribution in [0.3, 0.4) is 0 Å². The zero-order valence-corrected chi connectivity index (χ0v) is 15.9. The highest BCUT2D eigenvalue weighted by Gasteiger charge is 2.25. The lowest BCUT2D eigenvalue weighted by Crippen LogP contribution is -2.29. The number of fused-ring (bicyclic) bond motifs is 1.